The van der Waals surface area contributed by atoms with E-state index in [1.54, 1.807) is 6.07 Å². The van der Waals surface area contributed by atoms with Crippen LogP contribution in [-0.4, -0.2) is 6.61 Å². The van der Waals surface area contributed by atoms with Crippen LogP contribution in [0.15, 0.2) is 18.2 Å². The maximum absolute atomic E-state index is 13.2. The Labute approximate surface area is 120 Å². The van der Waals surface area contributed by atoms with Gasteiger partial charge in [0.2, 0.25) is 0 Å². The molecule has 1 unspecified atom stereocenters. The van der Waals surface area contributed by atoms with Crippen LogP contribution in [0.5, 0.6) is 5.75 Å². The monoisotopic (exact) mass is 278 g/mol. The standard InChI is InChI=1S/C16H23FN2O/c1-12(19)14-7-6-13(17)10-15(14)20-9-5-4-8-16(2,3)11-18/h6-7,10,12H,4-5,8-9,19H2,1-3H3. The molecule has 0 saturated heterocycles. The van der Waals surface area contributed by atoms with E-state index in [4.69, 9.17) is 15.7 Å². The zero-order valence-corrected chi connectivity index (χ0v) is 12.4. The third-order valence-corrected chi connectivity index (χ3v) is 3.22. The number of rotatable bonds is 7. The van der Waals surface area contributed by atoms with E-state index in [0.29, 0.717) is 12.4 Å². The average molecular weight is 278 g/mol. The molecule has 3 nitrogen and oxygen atoms in total. The Bertz CT molecular complexity index is 478. The van der Waals surface area contributed by atoms with Crippen LogP contribution in [0, 0.1) is 22.6 Å². The van der Waals surface area contributed by atoms with Gasteiger partial charge in [-0.15, -0.1) is 0 Å². The van der Waals surface area contributed by atoms with Crippen molar-refractivity contribution >= 4 is 0 Å². The second-order valence-electron chi connectivity index (χ2n) is 5.77. The number of nitrogens with two attached hydrogens (primary N) is 1. The molecule has 110 valence electrons. The van der Waals surface area contributed by atoms with Gasteiger partial charge in [-0.3, -0.25) is 0 Å². The van der Waals surface area contributed by atoms with Crippen molar-refractivity contribution in [1.82, 2.24) is 0 Å². The molecule has 1 rings (SSSR count). The van der Waals surface area contributed by atoms with Gasteiger partial charge in [0.15, 0.2) is 0 Å². The third kappa shape index (κ3) is 5.18. The van der Waals surface area contributed by atoms with E-state index >= 15 is 0 Å². The van der Waals surface area contributed by atoms with Crippen molar-refractivity contribution < 1.29 is 9.13 Å². The third-order valence-electron chi connectivity index (χ3n) is 3.22. The molecule has 0 aliphatic carbocycles. The normalized spacial score (nSPS) is 12.8. The van der Waals surface area contributed by atoms with Gasteiger partial charge < -0.3 is 10.5 Å². The van der Waals surface area contributed by atoms with Crippen molar-refractivity contribution in [2.45, 2.75) is 46.1 Å². The fourth-order valence-corrected chi connectivity index (χ4v) is 1.92. The maximum atomic E-state index is 13.2. The van der Waals surface area contributed by atoms with Crippen molar-refractivity contribution in [1.29, 1.82) is 5.26 Å². The number of hydrogen-bond donors (Lipinski definition) is 1. The Hall–Kier alpha value is -1.60. The fourth-order valence-electron chi connectivity index (χ4n) is 1.92. The van der Waals surface area contributed by atoms with Gasteiger partial charge in [0, 0.05) is 17.7 Å². The number of nitriles is 1. The molecule has 0 aromatic heterocycles. The summed E-state index contributed by atoms with van der Waals surface area (Å²) in [5.41, 5.74) is 6.34. The maximum Gasteiger partial charge on any atom is 0.126 e. The van der Waals surface area contributed by atoms with Crippen molar-refractivity contribution in [2.75, 3.05) is 6.61 Å². The average Bonchev–Trinajstić information content (AvgIpc) is 2.38. The lowest BCUT2D eigenvalue weighted by Gasteiger charge is -2.16. The highest BCUT2D eigenvalue weighted by atomic mass is 19.1. The Morgan fingerprint density at radius 3 is 2.70 bits per heavy atom. The van der Waals surface area contributed by atoms with E-state index in [-0.39, 0.29) is 17.3 Å². The lowest BCUT2D eigenvalue weighted by molar-refractivity contribution is 0.290. The van der Waals surface area contributed by atoms with Crippen molar-refractivity contribution in [3.05, 3.63) is 29.6 Å². The summed E-state index contributed by atoms with van der Waals surface area (Å²) in [5.74, 6) is 0.189. The summed E-state index contributed by atoms with van der Waals surface area (Å²) in [4.78, 5) is 0. The quantitative estimate of drug-likeness (QED) is 0.768. The zero-order valence-electron chi connectivity index (χ0n) is 12.4. The van der Waals surface area contributed by atoms with Crippen LogP contribution in [0.25, 0.3) is 0 Å². The number of unbranched alkanes of at least 4 members (excludes halogenated alkanes) is 1. The van der Waals surface area contributed by atoms with Crippen molar-refractivity contribution in [3.63, 3.8) is 0 Å². The second-order valence-corrected chi connectivity index (χ2v) is 5.77. The Morgan fingerprint density at radius 1 is 1.40 bits per heavy atom. The Morgan fingerprint density at radius 2 is 2.10 bits per heavy atom. The molecule has 1 aromatic carbocycles. The van der Waals surface area contributed by atoms with Crippen LogP contribution < -0.4 is 10.5 Å². The predicted molar refractivity (Wildman–Crippen MR) is 77.7 cm³/mol. The van der Waals surface area contributed by atoms with Gasteiger partial charge in [-0.2, -0.15) is 5.26 Å². The van der Waals surface area contributed by atoms with Crippen molar-refractivity contribution in [3.8, 4) is 11.8 Å². The molecule has 20 heavy (non-hydrogen) atoms. The minimum atomic E-state index is -0.324. The first-order chi connectivity index (χ1) is 9.35. The summed E-state index contributed by atoms with van der Waals surface area (Å²) in [7, 11) is 0. The summed E-state index contributed by atoms with van der Waals surface area (Å²) in [6, 6.07) is 6.51. The molecule has 1 atom stereocenters. The largest absolute Gasteiger partial charge is 0.493 e. The van der Waals surface area contributed by atoms with Gasteiger partial charge in [0.1, 0.15) is 11.6 Å². The molecule has 0 radical (unpaired) electrons. The SMILES string of the molecule is CC(N)c1ccc(F)cc1OCCCCC(C)(C)C#N. The summed E-state index contributed by atoms with van der Waals surface area (Å²) in [6.07, 6.45) is 2.57. The Kier molecular flexibility index (Phi) is 5.97. The summed E-state index contributed by atoms with van der Waals surface area (Å²) in [5, 5.41) is 8.92. The highest BCUT2D eigenvalue weighted by molar-refractivity contribution is 5.36. The van der Waals surface area contributed by atoms with Crippen LogP contribution >= 0.6 is 0 Å². The molecule has 0 spiro atoms. The zero-order chi connectivity index (χ0) is 15.2. The lowest BCUT2D eigenvalue weighted by Crippen LogP contribution is -2.10. The van der Waals surface area contributed by atoms with Crippen LogP contribution in [0.2, 0.25) is 0 Å². The van der Waals surface area contributed by atoms with Crippen LogP contribution in [0.1, 0.15) is 51.6 Å². The highest BCUT2D eigenvalue weighted by Gasteiger charge is 2.15. The molecule has 0 bridgehead atoms. The predicted octanol–water partition coefficient (Wildman–Crippen LogP) is 3.94. The molecule has 0 amide bonds. The molecule has 2 N–H and O–H groups in total. The van der Waals surface area contributed by atoms with Gasteiger partial charge in [0.25, 0.3) is 0 Å². The summed E-state index contributed by atoms with van der Waals surface area (Å²) >= 11 is 0. The number of benzene rings is 1. The number of ether oxygens (including phenoxy) is 1. The van der Waals surface area contributed by atoms with E-state index in [1.165, 1.54) is 12.1 Å². The van der Waals surface area contributed by atoms with E-state index in [0.717, 1.165) is 24.8 Å². The van der Waals surface area contributed by atoms with E-state index in [9.17, 15) is 4.39 Å². The molecule has 1 aromatic rings. The minimum Gasteiger partial charge on any atom is -0.493 e. The molecule has 4 heteroatoms. The number of halogens is 1. The minimum absolute atomic E-state index is 0.192. The molecule has 0 fully saturated rings. The van der Waals surface area contributed by atoms with Gasteiger partial charge in [-0.25, -0.2) is 4.39 Å². The van der Waals surface area contributed by atoms with Crippen LogP contribution in [0.4, 0.5) is 4.39 Å². The summed E-state index contributed by atoms with van der Waals surface area (Å²) < 4.78 is 18.9. The molecule has 0 aliphatic heterocycles. The van der Waals surface area contributed by atoms with Crippen LogP contribution in [0.3, 0.4) is 0 Å². The van der Waals surface area contributed by atoms with Gasteiger partial charge in [0.05, 0.1) is 18.1 Å². The van der Waals surface area contributed by atoms with E-state index in [1.807, 2.05) is 20.8 Å². The van der Waals surface area contributed by atoms with Gasteiger partial charge in [-0.05, 0) is 46.1 Å². The first-order valence-corrected chi connectivity index (χ1v) is 6.95. The lowest BCUT2D eigenvalue weighted by atomic mass is 9.89. The first kappa shape index (κ1) is 16.5. The fraction of sp³-hybridized carbons (Fsp3) is 0.562. The molecular formula is C16H23FN2O. The topological polar surface area (TPSA) is 59.0 Å². The highest BCUT2D eigenvalue weighted by Crippen LogP contribution is 2.26. The first-order valence-electron chi connectivity index (χ1n) is 6.95. The molecule has 0 heterocycles. The van der Waals surface area contributed by atoms with Gasteiger partial charge >= 0.3 is 0 Å². The van der Waals surface area contributed by atoms with Crippen LogP contribution in [-0.2, 0) is 0 Å². The Balaban J connectivity index is 2.46. The molecule has 0 aliphatic rings. The van der Waals surface area contributed by atoms with Crippen molar-refractivity contribution in [2.24, 2.45) is 11.1 Å². The van der Waals surface area contributed by atoms with E-state index < -0.39 is 0 Å². The van der Waals surface area contributed by atoms with E-state index in [2.05, 4.69) is 6.07 Å². The number of nitrogens with zero attached hydrogens (tertiary/aromatic N) is 1. The molecular weight excluding hydrogens is 255 g/mol. The number of hydrogen-bond acceptors (Lipinski definition) is 3. The second kappa shape index (κ2) is 7.25. The smallest absolute Gasteiger partial charge is 0.126 e. The molecule has 0 saturated carbocycles. The van der Waals surface area contributed by atoms with Gasteiger partial charge in [-0.1, -0.05) is 6.07 Å². The summed E-state index contributed by atoms with van der Waals surface area (Å²) in [6.45, 7) is 6.20.